The van der Waals surface area contributed by atoms with Gasteiger partial charge < -0.3 is 0 Å². The van der Waals surface area contributed by atoms with E-state index in [0.717, 1.165) is 5.56 Å². The number of halogens is 2. The van der Waals surface area contributed by atoms with Crippen LogP contribution in [0.4, 0.5) is 11.6 Å². The predicted octanol–water partition coefficient (Wildman–Crippen LogP) is 3.50. The third-order valence-electron chi connectivity index (χ3n) is 4.99. The molecule has 0 bridgehead atoms. The van der Waals surface area contributed by atoms with Gasteiger partial charge in [0.15, 0.2) is 6.17 Å². The van der Waals surface area contributed by atoms with Crippen LogP contribution in [0.3, 0.4) is 0 Å². The number of aromatic nitrogens is 2. The topological polar surface area (TPSA) is 72.9 Å². The average molecular weight is 443 g/mol. The SMILES string of the molecule is Cc1cc(=O)n2c(n1)NC(Nc1cccc(Cl)c1Cl)=[NH+][C@@H]2c1ccc(C(C)C)cc1. The molecule has 8 heteroatoms. The first-order valence-electron chi connectivity index (χ1n) is 9.65. The summed E-state index contributed by atoms with van der Waals surface area (Å²) >= 11 is 12.5. The summed E-state index contributed by atoms with van der Waals surface area (Å²) in [5.41, 5.74) is 3.29. The van der Waals surface area contributed by atoms with E-state index < -0.39 is 6.17 Å². The summed E-state index contributed by atoms with van der Waals surface area (Å²) in [5, 5.41) is 7.23. The Morgan fingerprint density at radius 1 is 1.17 bits per heavy atom. The summed E-state index contributed by atoms with van der Waals surface area (Å²) in [7, 11) is 0. The number of guanidine groups is 1. The molecule has 0 radical (unpaired) electrons. The highest BCUT2D eigenvalue weighted by atomic mass is 35.5. The van der Waals surface area contributed by atoms with Gasteiger partial charge in [-0.05, 0) is 30.5 Å². The Morgan fingerprint density at radius 3 is 2.60 bits per heavy atom. The van der Waals surface area contributed by atoms with Crippen molar-refractivity contribution in [3.05, 3.63) is 85.8 Å². The summed E-state index contributed by atoms with van der Waals surface area (Å²) in [6.07, 6.45) is -0.441. The van der Waals surface area contributed by atoms with Crippen molar-refractivity contribution in [3.63, 3.8) is 0 Å². The van der Waals surface area contributed by atoms with Crippen molar-refractivity contribution in [2.24, 2.45) is 0 Å². The standard InChI is InChI=1S/C22H21Cl2N5O/c1-12(2)14-7-9-15(10-8-14)20-27-21(26-17-6-4-5-16(23)19(17)24)28-22-25-13(3)11-18(30)29(20)22/h4-12,20H,1-3H3,(H2,25,26,27,28)/p+1/t20-/m0/s1. The second-order valence-electron chi connectivity index (χ2n) is 7.52. The smallest absolute Gasteiger partial charge is 0.269 e. The molecule has 0 saturated heterocycles. The van der Waals surface area contributed by atoms with E-state index in [4.69, 9.17) is 23.2 Å². The first-order valence-corrected chi connectivity index (χ1v) is 10.4. The fourth-order valence-electron chi connectivity index (χ4n) is 3.39. The molecular formula is C22H22Cl2N5O+. The van der Waals surface area contributed by atoms with E-state index in [1.165, 1.54) is 11.6 Å². The Bertz CT molecular complexity index is 1190. The van der Waals surface area contributed by atoms with E-state index in [0.29, 0.717) is 39.3 Å². The minimum atomic E-state index is -0.441. The first kappa shape index (κ1) is 20.4. The minimum Gasteiger partial charge on any atom is -0.269 e. The molecule has 1 aliphatic rings. The summed E-state index contributed by atoms with van der Waals surface area (Å²) in [6, 6.07) is 15.1. The van der Waals surface area contributed by atoms with Gasteiger partial charge in [-0.25, -0.2) is 20.2 Å². The van der Waals surface area contributed by atoms with Crippen LogP contribution in [0.1, 0.15) is 42.8 Å². The quantitative estimate of drug-likeness (QED) is 0.580. The van der Waals surface area contributed by atoms with Crippen molar-refractivity contribution in [2.45, 2.75) is 32.9 Å². The molecule has 0 saturated carbocycles. The van der Waals surface area contributed by atoms with Crippen LogP contribution < -0.4 is 21.2 Å². The maximum Gasteiger partial charge on any atom is 0.357 e. The Labute approximate surface area is 184 Å². The van der Waals surface area contributed by atoms with Crippen molar-refractivity contribution in [1.82, 2.24) is 9.55 Å². The van der Waals surface area contributed by atoms with Crippen molar-refractivity contribution < 1.29 is 4.99 Å². The fourth-order valence-corrected chi connectivity index (χ4v) is 3.74. The lowest BCUT2D eigenvalue weighted by molar-refractivity contribution is -0.520. The van der Waals surface area contributed by atoms with Gasteiger partial charge >= 0.3 is 5.96 Å². The number of hydrogen-bond donors (Lipinski definition) is 3. The molecule has 2 aromatic carbocycles. The lowest BCUT2D eigenvalue weighted by atomic mass is 10.0. The second-order valence-corrected chi connectivity index (χ2v) is 8.31. The third kappa shape index (κ3) is 3.93. The van der Waals surface area contributed by atoms with E-state index in [2.05, 4.69) is 46.6 Å². The van der Waals surface area contributed by atoms with Crippen LogP contribution in [-0.2, 0) is 0 Å². The molecule has 0 spiro atoms. The number of anilines is 2. The van der Waals surface area contributed by atoms with Crippen molar-refractivity contribution in [3.8, 4) is 0 Å². The number of nitrogens with one attached hydrogen (secondary N) is 3. The molecule has 2 heterocycles. The largest absolute Gasteiger partial charge is 0.357 e. The van der Waals surface area contributed by atoms with Crippen LogP contribution in [0.25, 0.3) is 0 Å². The zero-order valence-electron chi connectivity index (χ0n) is 16.8. The predicted molar refractivity (Wildman–Crippen MR) is 122 cm³/mol. The highest BCUT2D eigenvalue weighted by Crippen LogP contribution is 2.29. The summed E-state index contributed by atoms with van der Waals surface area (Å²) in [5.74, 6) is 1.42. The van der Waals surface area contributed by atoms with Crippen LogP contribution >= 0.6 is 23.2 Å². The maximum atomic E-state index is 12.8. The van der Waals surface area contributed by atoms with Crippen LogP contribution in [-0.4, -0.2) is 15.5 Å². The van der Waals surface area contributed by atoms with E-state index in [1.807, 2.05) is 24.3 Å². The number of fused-ring (bicyclic) bond motifs is 1. The van der Waals surface area contributed by atoms with Crippen LogP contribution in [0.2, 0.25) is 10.0 Å². The molecule has 6 nitrogen and oxygen atoms in total. The van der Waals surface area contributed by atoms with Crippen molar-refractivity contribution >= 4 is 40.8 Å². The first-order chi connectivity index (χ1) is 14.3. The monoisotopic (exact) mass is 442 g/mol. The van der Waals surface area contributed by atoms with Crippen molar-refractivity contribution in [2.75, 3.05) is 10.6 Å². The van der Waals surface area contributed by atoms with Gasteiger partial charge in [-0.2, -0.15) is 0 Å². The zero-order valence-corrected chi connectivity index (χ0v) is 18.3. The van der Waals surface area contributed by atoms with Gasteiger partial charge in [0.05, 0.1) is 10.0 Å². The second kappa shape index (κ2) is 8.13. The molecule has 3 aromatic rings. The van der Waals surface area contributed by atoms with Gasteiger partial charge in [0, 0.05) is 17.3 Å². The van der Waals surface area contributed by atoms with Crippen LogP contribution in [0.5, 0.6) is 0 Å². The Balaban J connectivity index is 1.79. The van der Waals surface area contributed by atoms with E-state index in [-0.39, 0.29) is 5.56 Å². The number of benzene rings is 2. The molecule has 3 N–H and O–H groups in total. The van der Waals surface area contributed by atoms with E-state index in [9.17, 15) is 4.79 Å². The average Bonchev–Trinajstić information content (AvgIpc) is 2.70. The molecule has 154 valence electrons. The molecule has 1 aliphatic heterocycles. The summed E-state index contributed by atoms with van der Waals surface area (Å²) in [4.78, 5) is 20.6. The van der Waals surface area contributed by atoms with Gasteiger partial charge in [-0.3, -0.25) is 9.79 Å². The van der Waals surface area contributed by atoms with Gasteiger partial charge in [0.25, 0.3) is 11.5 Å². The molecule has 30 heavy (non-hydrogen) atoms. The van der Waals surface area contributed by atoms with Crippen LogP contribution in [0, 0.1) is 6.92 Å². The lowest BCUT2D eigenvalue weighted by Crippen LogP contribution is -2.82. The highest BCUT2D eigenvalue weighted by Gasteiger charge is 2.29. The zero-order chi connectivity index (χ0) is 21.4. The molecule has 1 atom stereocenters. The Kier molecular flexibility index (Phi) is 5.54. The maximum absolute atomic E-state index is 12.8. The van der Waals surface area contributed by atoms with E-state index >= 15 is 0 Å². The van der Waals surface area contributed by atoms with Gasteiger partial charge in [-0.1, -0.05) is 67.4 Å². The van der Waals surface area contributed by atoms with E-state index in [1.54, 1.807) is 17.6 Å². The van der Waals surface area contributed by atoms with Crippen LogP contribution in [0.15, 0.2) is 53.3 Å². The summed E-state index contributed by atoms with van der Waals surface area (Å²) < 4.78 is 1.60. The van der Waals surface area contributed by atoms with Crippen molar-refractivity contribution in [1.29, 1.82) is 0 Å². The molecular weight excluding hydrogens is 421 g/mol. The summed E-state index contributed by atoms with van der Waals surface area (Å²) in [6.45, 7) is 6.09. The molecule has 0 amide bonds. The molecule has 4 rings (SSSR count). The molecule has 1 aromatic heterocycles. The molecule has 0 fully saturated rings. The number of rotatable bonds is 3. The normalized spacial score (nSPS) is 15.4. The number of aryl methyl sites for hydroxylation is 1. The Morgan fingerprint density at radius 2 is 1.90 bits per heavy atom. The molecule has 0 aliphatic carbocycles. The van der Waals surface area contributed by atoms with Gasteiger partial charge in [0.1, 0.15) is 5.69 Å². The van der Waals surface area contributed by atoms with Gasteiger partial charge in [0.2, 0.25) is 0 Å². The Hall–Kier alpha value is -2.83. The minimum absolute atomic E-state index is 0.143. The highest BCUT2D eigenvalue weighted by molar-refractivity contribution is 6.44. The molecule has 0 unspecified atom stereocenters. The fraction of sp³-hybridized carbons (Fsp3) is 0.227. The van der Waals surface area contributed by atoms with Gasteiger partial charge in [-0.15, -0.1) is 0 Å². The number of nitrogens with zero attached hydrogens (tertiary/aromatic N) is 2. The number of hydrogen-bond acceptors (Lipinski definition) is 4. The third-order valence-corrected chi connectivity index (χ3v) is 5.81. The lowest BCUT2D eigenvalue weighted by Gasteiger charge is -2.23.